The molecule has 0 amide bonds. The van der Waals surface area contributed by atoms with Gasteiger partial charge in [-0.1, -0.05) is 34.1 Å². The summed E-state index contributed by atoms with van der Waals surface area (Å²) in [6.07, 6.45) is 4.62. The summed E-state index contributed by atoms with van der Waals surface area (Å²) in [7, 11) is 0. The molecule has 0 aromatic heterocycles. The number of hydrogen-bond donors (Lipinski definition) is 0. The molecule has 0 aliphatic rings. The first kappa shape index (κ1) is 20.2. The number of benzene rings is 3. The maximum absolute atomic E-state index is 11.9. The number of non-ortho nitro benzene ring substituents is 1. The molecule has 0 bridgehead atoms. The second-order valence-corrected chi connectivity index (χ2v) is 6.83. The van der Waals surface area contributed by atoms with Crippen LogP contribution < -0.4 is 4.74 Å². The van der Waals surface area contributed by atoms with Crippen LogP contribution in [-0.2, 0) is 4.79 Å². The fourth-order valence-corrected chi connectivity index (χ4v) is 2.61. The summed E-state index contributed by atoms with van der Waals surface area (Å²) >= 11 is 3.36. The number of halogens is 1. The van der Waals surface area contributed by atoms with Crippen LogP contribution in [0.4, 0.5) is 11.4 Å². The second kappa shape index (κ2) is 9.57. The molecular weight excluding hydrogens is 436 g/mol. The topological polar surface area (TPSA) is 81.8 Å². The maximum atomic E-state index is 11.9. The third-order valence-electron chi connectivity index (χ3n) is 3.78. The van der Waals surface area contributed by atoms with E-state index in [-0.39, 0.29) is 5.69 Å². The molecule has 3 aromatic rings. The minimum absolute atomic E-state index is 0.0156. The van der Waals surface area contributed by atoms with E-state index in [1.807, 2.05) is 24.3 Å². The van der Waals surface area contributed by atoms with Crippen LogP contribution in [-0.4, -0.2) is 17.1 Å². The fraction of sp³-hybridized carbons (Fsp3) is 0. The summed E-state index contributed by atoms with van der Waals surface area (Å²) in [5.74, 6) is -0.0751. The third kappa shape index (κ3) is 6.22. The second-order valence-electron chi connectivity index (χ2n) is 5.91. The fourth-order valence-electron chi connectivity index (χ4n) is 2.35. The summed E-state index contributed by atoms with van der Waals surface area (Å²) in [5, 5.41) is 10.8. The van der Waals surface area contributed by atoms with Gasteiger partial charge >= 0.3 is 5.97 Å². The van der Waals surface area contributed by atoms with Gasteiger partial charge in [0.05, 0.1) is 10.6 Å². The Labute approximate surface area is 175 Å². The van der Waals surface area contributed by atoms with Crippen molar-refractivity contribution in [1.29, 1.82) is 0 Å². The van der Waals surface area contributed by atoms with Gasteiger partial charge in [-0.25, -0.2) is 4.79 Å². The van der Waals surface area contributed by atoms with Crippen LogP contribution in [0.1, 0.15) is 11.1 Å². The number of nitro benzene ring substituents is 1. The number of carbonyl (C=O) groups is 1. The van der Waals surface area contributed by atoms with Crippen molar-refractivity contribution in [3.8, 4) is 5.75 Å². The lowest BCUT2D eigenvalue weighted by atomic mass is 10.2. The summed E-state index contributed by atoms with van der Waals surface area (Å²) < 4.78 is 6.23. The first-order chi connectivity index (χ1) is 14.0. The van der Waals surface area contributed by atoms with Crippen molar-refractivity contribution in [1.82, 2.24) is 0 Å². The predicted molar refractivity (Wildman–Crippen MR) is 116 cm³/mol. The first-order valence-electron chi connectivity index (χ1n) is 8.54. The Morgan fingerprint density at radius 1 is 1.00 bits per heavy atom. The molecule has 0 N–H and O–H groups in total. The molecule has 0 aliphatic heterocycles. The van der Waals surface area contributed by atoms with Gasteiger partial charge in [0.25, 0.3) is 5.69 Å². The Kier molecular flexibility index (Phi) is 6.65. The van der Waals surface area contributed by atoms with Gasteiger partial charge in [0, 0.05) is 28.9 Å². The summed E-state index contributed by atoms with van der Waals surface area (Å²) in [5.41, 5.74) is 2.12. The van der Waals surface area contributed by atoms with E-state index in [1.54, 1.807) is 48.7 Å². The molecule has 3 rings (SSSR count). The van der Waals surface area contributed by atoms with Gasteiger partial charge < -0.3 is 4.74 Å². The molecule has 0 saturated heterocycles. The van der Waals surface area contributed by atoms with Gasteiger partial charge in [-0.05, 0) is 59.7 Å². The number of hydrogen-bond acceptors (Lipinski definition) is 5. The molecule has 0 heterocycles. The average Bonchev–Trinajstić information content (AvgIpc) is 2.73. The van der Waals surface area contributed by atoms with E-state index >= 15 is 0 Å². The number of ether oxygens (including phenoxy) is 1. The Balaban J connectivity index is 1.59. The number of nitro groups is 1. The van der Waals surface area contributed by atoms with Crippen LogP contribution in [0.2, 0.25) is 0 Å². The lowest BCUT2D eigenvalue weighted by Crippen LogP contribution is -2.03. The standard InChI is InChI=1S/C22H15BrN2O4/c23-18-9-4-16(5-10-18)8-13-22(26)29-21-11-6-17(7-12-21)15-24-19-2-1-3-20(14-19)25(27)28/h1-15H. The Hall–Kier alpha value is -3.58. The Morgan fingerprint density at radius 3 is 2.38 bits per heavy atom. The van der Waals surface area contributed by atoms with E-state index in [0.29, 0.717) is 11.4 Å². The molecule has 144 valence electrons. The van der Waals surface area contributed by atoms with Crippen molar-refractivity contribution in [3.63, 3.8) is 0 Å². The minimum atomic E-state index is -0.481. The predicted octanol–water partition coefficient (Wildman–Crippen LogP) is 5.73. The molecule has 0 spiro atoms. The van der Waals surface area contributed by atoms with Gasteiger partial charge in [-0.2, -0.15) is 0 Å². The van der Waals surface area contributed by atoms with E-state index in [2.05, 4.69) is 20.9 Å². The molecule has 29 heavy (non-hydrogen) atoms. The van der Waals surface area contributed by atoms with E-state index < -0.39 is 10.9 Å². The Morgan fingerprint density at radius 2 is 1.69 bits per heavy atom. The molecule has 3 aromatic carbocycles. The van der Waals surface area contributed by atoms with E-state index in [4.69, 9.17) is 4.74 Å². The normalized spacial score (nSPS) is 11.1. The summed E-state index contributed by atoms with van der Waals surface area (Å²) in [6, 6.07) is 20.4. The van der Waals surface area contributed by atoms with Crippen molar-refractivity contribution >= 4 is 45.6 Å². The van der Waals surface area contributed by atoms with Crippen LogP contribution in [0, 0.1) is 10.1 Å². The van der Waals surface area contributed by atoms with Crippen LogP contribution in [0.15, 0.2) is 88.3 Å². The highest BCUT2D eigenvalue weighted by molar-refractivity contribution is 9.10. The highest BCUT2D eigenvalue weighted by Gasteiger charge is 2.04. The summed E-state index contributed by atoms with van der Waals surface area (Å²) in [6.45, 7) is 0. The molecule has 0 fully saturated rings. The van der Waals surface area contributed by atoms with Gasteiger partial charge in [0.1, 0.15) is 5.75 Å². The lowest BCUT2D eigenvalue weighted by Gasteiger charge is -2.02. The van der Waals surface area contributed by atoms with Crippen molar-refractivity contribution in [2.75, 3.05) is 0 Å². The zero-order valence-electron chi connectivity index (χ0n) is 15.1. The minimum Gasteiger partial charge on any atom is -0.423 e. The number of esters is 1. The summed E-state index contributed by atoms with van der Waals surface area (Å²) in [4.78, 5) is 26.5. The maximum Gasteiger partial charge on any atom is 0.336 e. The van der Waals surface area contributed by atoms with Gasteiger partial charge in [-0.3, -0.25) is 15.1 Å². The van der Waals surface area contributed by atoms with E-state index in [9.17, 15) is 14.9 Å². The average molecular weight is 451 g/mol. The van der Waals surface area contributed by atoms with Crippen molar-refractivity contribution in [2.45, 2.75) is 0 Å². The van der Waals surface area contributed by atoms with Crippen LogP contribution in [0.3, 0.4) is 0 Å². The Bertz CT molecular complexity index is 1070. The van der Waals surface area contributed by atoms with E-state index in [0.717, 1.165) is 15.6 Å². The van der Waals surface area contributed by atoms with Crippen molar-refractivity contribution < 1.29 is 14.5 Å². The van der Waals surface area contributed by atoms with Crippen molar-refractivity contribution in [2.24, 2.45) is 4.99 Å². The third-order valence-corrected chi connectivity index (χ3v) is 4.31. The number of nitrogens with zero attached hydrogens (tertiary/aromatic N) is 2. The smallest absolute Gasteiger partial charge is 0.336 e. The molecule has 0 unspecified atom stereocenters. The van der Waals surface area contributed by atoms with Crippen molar-refractivity contribution in [3.05, 3.63) is 105 Å². The molecule has 6 nitrogen and oxygen atoms in total. The van der Waals surface area contributed by atoms with E-state index in [1.165, 1.54) is 18.2 Å². The molecular formula is C22H15BrN2O4. The molecule has 0 atom stereocenters. The number of rotatable bonds is 6. The monoisotopic (exact) mass is 450 g/mol. The highest BCUT2D eigenvalue weighted by Crippen LogP contribution is 2.20. The van der Waals surface area contributed by atoms with Gasteiger partial charge in [0.2, 0.25) is 0 Å². The van der Waals surface area contributed by atoms with Crippen LogP contribution in [0.25, 0.3) is 6.08 Å². The number of carbonyl (C=O) groups excluding carboxylic acids is 1. The lowest BCUT2D eigenvalue weighted by molar-refractivity contribution is -0.384. The van der Waals surface area contributed by atoms with Crippen LogP contribution >= 0.6 is 15.9 Å². The SMILES string of the molecule is O=C(C=Cc1ccc(Br)cc1)Oc1ccc(C=Nc2cccc([N+](=O)[O-])c2)cc1. The highest BCUT2D eigenvalue weighted by atomic mass is 79.9. The van der Waals surface area contributed by atoms with Crippen LogP contribution in [0.5, 0.6) is 5.75 Å². The number of aliphatic imine (C=N–C) groups is 1. The molecule has 0 aliphatic carbocycles. The van der Waals surface area contributed by atoms with Gasteiger partial charge in [-0.15, -0.1) is 0 Å². The first-order valence-corrected chi connectivity index (χ1v) is 9.33. The molecule has 7 heteroatoms. The zero-order chi connectivity index (χ0) is 20.6. The zero-order valence-corrected chi connectivity index (χ0v) is 16.7. The van der Waals surface area contributed by atoms with Gasteiger partial charge in [0.15, 0.2) is 0 Å². The largest absolute Gasteiger partial charge is 0.423 e. The molecule has 0 radical (unpaired) electrons. The molecule has 0 saturated carbocycles. The quantitative estimate of drug-likeness (QED) is 0.120.